The molecule has 0 aromatic carbocycles. The Kier molecular flexibility index (Phi) is 14.9. The Morgan fingerprint density at radius 3 is 2.40 bits per heavy atom. The number of halogens is 2. The van der Waals surface area contributed by atoms with Gasteiger partial charge in [-0.3, -0.25) is 4.99 Å². The summed E-state index contributed by atoms with van der Waals surface area (Å²) in [4.78, 5) is 14.5. The summed E-state index contributed by atoms with van der Waals surface area (Å²) in [5.74, 6) is -0.609. The molecule has 0 fully saturated rings. The van der Waals surface area contributed by atoms with Crippen LogP contribution in [0, 0.1) is 0 Å². The SMILES string of the molecule is CC=CCCC(N=C(C)N)C(=O)O.Cl.Cl. The molecule has 1 unspecified atom stereocenters. The van der Waals surface area contributed by atoms with Gasteiger partial charge in [-0.2, -0.15) is 0 Å². The molecule has 0 aromatic rings. The second kappa shape index (κ2) is 11.3. The zero-order chi connectivity index (χ0) is 10.3. The zero-order valence-corrected chi connectivity index (χ0v) is 10.5. The van der Waals surface area contributed by atoms with Gasteiger partial charge in [0.2, 0.25) is 0 Å². The monoisotopic (exact) mass is 256 g/mol. The van der Waals surface area contributed by atoms with Gasteiger partial charge in [0.15, 0.2) is 0 Å². The molecule has 0 aliphatic rings. The fraction of sp³-hybridized carbons (Fsp3) is 0.556. The number of amidine groups is 1. The van der Waals surface area contributed by atoms with Crippen molar-refractivity contribution in [2.24, 2.45) is 10.7 Å². The molecule has 0 saturated carbocycles. The maximum absolute atomic E-state index is 10.6. The average Bonchev–Trinajstić information content (AvgIpc) is 2.02. The van der Waals surface area contributed by atoms with Crippen LogP contribution in [0.15, 0.2) is 17.1 Å². The molecule has 0 heterocycles. The Hall–Kier alpha value is -0.740. The average molecular weight is 257 g/mol. The molecule has 0 aliphatic carbocycles. The van der Waals surface area contributed by atoms with E-state index in [2.05, 4.69) is 4.99 Å². The topological polar surface area (TPSA) is 75.7 Å². The number of allylic oxidation sites excluding steroid dienone is 2. The third kappa shape index (κ3) is 11.2. The van der Waals surface area contributed by atoms with E-state index in [4.69, 9.17) is 10.8 Å². The number of hydrogen-bond acceptors (Lipinski definition) is 2. The van der Waals surface area contributed by atoms with Crippen LogP contribution in [-0.2, 0) is 4.79 Å². The number of aliphatic imine (C=N–C) groups is 1. The lowest BCUT2D eigenvalue weighted by atomic mass is 10.1. The summed E-state index contributed by atoms with van der Waals surface area (Å²) in [6.45, 7) is 3.48. The lowest BCUT2D eigenvalue weighted by Crippen LogP contribution is -2.21. The third-order valence-corrected chi connectivity index (χ3v) is 1.49. The van der Waals surface area contributed by atoms with Gasteiger partial charge < -0.3 is 10.8 Å². The fourth-order valence-corrected chi connectivity index (χ4v) is 0.910. The van der Waals surface area contributed by atoms with E-state index in [9.17, 15) is 4.79 Å². The first-order chi connectivity index (χ1) is 6.07. The highest BCUT2D eigenvalue weighted by molar-refractivity contribution is 5.85. The first-order valence-electron chi connectivity index (χ1n) is 4.21. The van der Waals surface area contributed by atoms with Crippen LogP contribution in [0.3, 0.4) is 0 Å². The summed E-state index contributed by atoms with van der Waals surface area (Å²) in [5.41, 5.74) is 5.30. The van der Waals surface area contributed by atoms with Gasteiger partial charge in [-0.15, -0.1) is 24.8 Å². The molecule has 0 rings (SSSR count). The Morgan fingerprint density at radius 2 is 2.07 bits per heavy atom. The van der Waals surface area contributed by atoms with Crippen molar-refractivity contribution in [2.75, 3.05) is 0 Å². The van der Waals surface area contributed by atoms with E-state index in [-0.39, 0.29) is 24.8 Å². The van der Waals surface area contributed by atoms with Crippen molar-refractivity contribution >= 4 is 36.6 Å². The maximum atomic E-state index is 10.6. The van der Waals surface area contributed by atoms with Gasteiger partial charge in [0.1, 0.15) is 6.04 Å². The zero-order valence-electron chi connectivity index (χ0n) is 8.84. The molecule has 0 aromatic heterocycles. The predicted octanol–water partition coefficient (Wildman–Crippen LogP) is 2.02. The number of rotatable bonds is 5. The van der Waals surface area contributed by atoms with Gasteiger partial charge in [0.25, 0.3) is 0 Å². The van der Waals surface area contributed by atoms with Crippen molar-refractivity contribution in [3.05, 3.63) is 12.2 Å². The van der Waals surface area contributed by atoms with E-state index in [1.54, 1.807) is 6.92 Å². The first kappa shape index (κ1) is 19.8. The Labute approximate surface area is 102 Å². The van der Waals surface area contributed by atoms with E-state index in [0.717, 1.165) is 0 Å². The van der Waals surface area contributed by atoms with Crippen LogP contribution in [0.1, 0.15) is 26.7 Å². The quantitative estimate of drug-likeness (QED) is 0.449. The fourth-order valence-electron chi connectivity index (χ4n) is 0.910. The molecule has 0 aliphatic heterocycles. The van der Waals surface area contributed by atoms with Crippen molar-refractivity contribution in [1.29, 1.82) is 0 Å². The van der Waals surface area contributed by atoms with Crippen molar-refractivity contribution in [3.63, 3.8) is 0 Å². The van der Waals surface area contributed by atoms with E-state index in [1.165, 1.54) is 0 Å². The van der Waals surface area contributed by atoms with Crippen molar-refractivity contribution in [3.8, 4) is 0 Å². The second-order valence-electron chi connectivity index (χ2n) is 2.77. The molecule has 3 N–H and O–H groups in total. The van der Waals surface area contributed by atoms with E-state index in [1.807, 2.05) is 19.1 Å². The van der Waals surface area contributed by atoms with E-state index >= 15 is 0 Å². The van der Waals surface area contributed by atoms with E-state index in [0.29, 0.717) is 18.7 Å². The smallest absolute Gasteiger partial charge is 0.328 e. The number of aliphatic carboxylic acids is 1. The molecule has 0 saturated heterocycles. The first-order valence-corrected chi connectivity index (χ1v) is 4.21. The number of carbonyl (C=O) groups is 1. The highest BCUT2D eigenvalue weighted by Crippen LogP contribution is 2.03. The Balaban J connectivity index is -0.000000720. The minimum absolute atomic E-state index is 0. The van der Waals surface area contributed by atoms with Gasteiger partial charge in [0.05, 0.1) is 5.84 Å². The normalized spacial score (nSPS) is 12.8. The summed E-state index contributed by atoms with van der Waals surface area (Å²) < 4.78 is 0. The van der Waals surface area contributed by atoms with Gasteiger partial charge in [-0.05, 0) is 26.7 Å². The Bertz CT molecular complexity index is 226. The molecular formula is C9H18Cl2N2O2. The summed E-state index contributed by atoms with van der Waals surface area (Å²) in [6.07, 6.45) is 5.01. The standard InChI is InChI=1S/C9H16N2O2.2ClH/c1-3-4-5-6-8(9(12)13)11-7(2)10;;/h3-4,8H,5-6H2,1-2H3,(H2,10,11)(H,12,13);2*1H. The Morgan fingerprint density at radius 1 is 1.53 bits per heavy atom. The van der Waals surface area contributed by atoms with Crippen LogP contribution in [0.4, 0.5) is 0 Å². The van der Waals surface area contributed by atoms with Crippen LogP contribution in [-0.4, -0.2) is 23.0 Å². The summed E-state index contributed by atoms with van der Waals surface area (Å²) >= 11 is 0. The molecule has 1 atom stereocenters. The van der Waals surface area contributed by atoms with Crippen molar-refractivity contribution in [1.82, 2.24) is 0 Å². The highest BCUT2D eigenvalue weighted by Gasteiger charge is 2.14. The van der Waals surface area contributed by atoms with Crippen molar-refractivity contribution < 1.29 is 9.90 Å². The molecule has 0 bridgehead atoms. The largest absolute Gasteiger partial charge is 0.480 e. The molecule has 90 valence electrons. The molecule has 6 heteroatoms. The minimum Gasteiger partial charge on any atom is -0.480 e. The second-order valence-corrected chi connectivity index (χ2v) is 2.77. The van der Waals surface area contributed by atoms with Crippen LogP contribution >= 0.6 is 24.8 Å². The van der Waals surface area contributed by atoms with Crippen molar-refractivity contribution in [2.45, 2.75) is 32.7 Å². The number of nitrogens with zero attached hydrogens (tertiary/aromatic N) is 1. The summed E-state index contributed by atoms with van der Waals surface area (Å²) in [6, 6.07) is -0.707. The molecular weight excluding hydrogens is 239 g/mol. The third-order valence-electron chi connectivity index (χ3n) is 1.49. The maximum Gasteiger partial charge on any atom is 0.328 e. The van der Waals surface area contributed by atoms with Gasteiger partial charge in [0, 0.05) is 0 Å². The molecule has 0 radical (unpaired) electrons. The van der Waals surface area contributed by atoms with Crippen LogP contribution in [0.5, 0.6) is 0 Å². The molecule has 0 spiro atoms. The van der Waals surface area contributed by atoms with Crippen LogP contribution in [0.2, 0.25) is 0 Å². The number of carboxylic acids is 1. The lowest BCUT2D eigenvalue weighted by Gasteiger charge is -2.05. The van der Waals surface area contributed by atoms with E-state index < -0.39 is 12.0 Å². The molecule has 15 heavy (non-hydrogen) atoms. The minimum atomic E-state index is -0.922. The highest BCUT2D eigenvalue weighted by atomic mass is 35.5. The van der Waals surface area contributed by atoms with Crippen LogP contribution in [0.25, 0.3) is 0 Å². The summed E-state index contributed by atoms with van der Waals surface area (Å²) in [5, 5.41) is 8.73. The molecule has 0 amide bonds. The number of nitrogens with two attached hydrogens (primary N) is 1. The van der Waals surface area contributed by atoms with Gasteiger partial charge >= 0.3 is 5.97 Å². The number of hydrogen-bond donors (Lipinski definition) is 2. The molecule has 4 nitrogen and oxygen atoms in total. The van der Waals surface area contributed by atoms with Crippen LogP contribution < -0.4 is 5.73 Å². The number of carboxylic acid groups (broad SMARTS) is 1. The van der Waals surface area contributed by atoms with Gasteiger partial charge in [-0.1, -0.05) is 12.2 Å². The van der Waals surface area contributed by atoms with Gasteiger partial charge in [-0.25, -0.2) is 4.79 Å². The summed E-state index contributed by atoms with van der Waals surface area (Å²) in [7, 11) is 0. The predicted molar refractivity (Wildman–Crippen MR) is 67.3 cm³/mol. The lowest BCUT2D eigenvalue weighted by molar-refractivity contribution is -0.138.